The Bertz CT molecular complexity index is 644. The van der Waals surface area contributed by atoms with E-state index in [1.165, 1.54) is 10.4 Å². The lowest BCUT2D eigenvalue weighted by molar-refractivity contribution is 0.280. The molecule has 0 amide bonds. The average Bonchev–Trinajstić information content (AvgIpc) is 2.39. The van der Waals surface area contributed by atoms with Gasteiger partial charge in [0, 0.05) is 28.6 Å². The number of aliphatic hydroxyl groups excluding tert-OH is 1. The Labute approximate surface area is 135 Å². The summed E-state index contributed by atoms with van der Waals surface area (Å²) in [4.78, 5) is 0.196. The van der Waals surface area contributed by atoms with Crippen LogP contribution in [-0.2, 0) is 16.6 Å². The Morgan fingerprint density at radius 1 is 1.43 bits per heavy atom. The summed E-state index contributed by atoms with van der Waals surface area (Å²) in [5, 5.41) is 9.68. The number of benzene rings is 1. The monoisotopic (exact) mass is 349 g/mol. The van der Waals surface area contributed by atoms with Crippen LogP contribution < -0.4 is 0 Å². The topological polar surface area (TPSA) is 57.6 Å². The standard InChI is InChI=1S/C14H20ClNO3S2/c1-10-11(8-17)6-12(15)7-13(10)21(18,19)16-4-5-20-14(2,3)9-16/h6-7,17H,4-5,8-9H2,1-3H3. The first kappa shape index (κ1) is 17.1. The van der Waals surface area contributed by atoms with E-state index in [4.69, 9.17) is 11.6 Å². The molecule has 1 aliphatic rings. The lowest BCUT2D eigenvalue weighted by Crippen LogP contribution is -2.46. The number of rotatable bonds is 3. The Kier molecular flexibility index (Phi) is 4.95. The van der Waals surface area contributed by atoms with E-state index in [2.05, 4.69) is 0 Å². The van der Waals surface area contributed by atoms with Crippen LogP contribution in [0.2, 0.25) is 5.02 Å². The molecule has 4 nitrogen and oxygen atoms in total. The maximum absolute atomic E-state index is 12.9. The van der Waals surface area contributed by atoms with Crippen LogP contribution in [0.1, 0.15) is 25.0 Å². The van der Waals surface area contributed by atoms with Gasteiger partial charge in [-0.1, -0.05) is 11.6 Å². The van der Waals surface area contributed by atoms with E-state index in [1.807, 2.05) is 13.8 Å². The molecule has 0 unspecified atom stereocenters. The zero-order chi connectivity index (χ0) is 15.8. The van der Waals surface area contributed by atoms with Crippen LogP contribution in [0, 0.1) is 6.92 Å². The Balaban J connectivity index is 2.47. The summed E-state index contributed by atoms with van der Waals surface area (Å²) in [6, 6.07) is 3.08. The second-order valence-electron chi connectivity index (χ2n) is 5.79. The van der Waals surface area contributed by atoms with Crippen molar-refractivity contribution >= 4 is 33.4 Å². The smallest absolute Gasteiger partial charge is 0.243 e. The lowest BCUT2D eigenvalue weighted by Gasteiger charge is -2.37. The van der Waals surface area contributed by atoms with Crippen LogP contribution in [0.3, 0.4) is 0 Å². The van der Waals surface area contributed by atoms with Gasteiger partial charge in [-0.25, -0.2) is 8.42 Å². The van der Waals surface area contributed by atoms with Crippen LogP contribution in [0.25, 0.3) is 0 Å². The fourth-order valence-corrected chi connectivity index (χ4v) is 5.97. The largest absolute Gasteiger partial charge is 0.392 e. The van der Waals surface area contributed by atoms with Gasteiger partial charge in [-0.2, -0.15) is 16.1 Å². The van der Waals surface area contributed by atoms with E-state index in [9.17, 15) is 13.5 Å². The molecular weight excluding hydrogens is 330 g/mol. The van der Waals surface area contributed by atoms with Gasteiger partial charge in [0.2, 0.25) is 10.0 Å². The number of aliphatic hydroxyl groups is 1. The molecule has 1 saturated heterocycles. The highest BCUT2D eigenvalue weighted by molar-refractivity contribution is 8.00. The molecule has 1 heterocycles. The van der Waals surface area contributed by atoms with Crippen molar-refractivity contribution in [3.8, 4) is 0 Å². The molecule has 2 rings (SSSR count). The molecule has 1 aromatic rings. The van der Waals surface area contributed by atoms with E-state index in [-0.39, 0.29) is 16.2 Å². The Hall–Kier alpha value is -0.270. The summed E-state index contributed by atoms with van der Waals surface area (Å²) in [6.07, 6.45) is 0. The van der Waals surface area contributed by atoms with Gasteiger partial charge in [-0.15, -0.1) is 0 Å². The predicted octanol–water partition coefficient (Wildman–Crippen LogP) is 2.66. The highest BCUT2D eigenvalue weighted by atomic mass is 35.5. The molecule has 0 atom stereocenters. The molecule has 7 heteroatoms. The number of hydrogen-bond donors (Lipinski definition) is 1. The zero-order valence-electron chi connectivity index (χ0n) is 12.4. The van der Waals surface area contributed by atoms with Gasteiger partial charge < -0.3 is 5.11 Å². The van der Waals surface area contributed by atoms with Gasteiger partial charge in [0.05, 0.1) is 11.5 Å². The zero-order valence-corrected chi connectivity index (χ0v) is 14.8. The van der Waals surface area contributed by atoms with Crippen molar-refractivity contribution in [2.24, 2.45) is 0 Å². The number of thioether (sulfide) groups is 1. The SMILES string of the molecule is Cc1c(CO)cc(Cl)cc1S(=O)(=O)N1CCSC(C)(C)C1. The predicted molar refractivity (Wildman–Crippen MR) is 87.4 cm³/mol. The van der Waals surface area contributed by atoms with Crippen molar-refractivity contribution < 1.29 is 13.5 Å². The Morgan fingerprint density at radius 3 is 2.67 bits per heavy atom. The van der Waals surface area contributed by atoms with Gasteiger partial charge in [0.15, 0.2) is 0 Å². The molecule has 0 aromatic heterocycles. The van der Waals surface area contributed by atoms with Crippen LogP contribution in [0.4, 0.5) is 0 Å². The first-order valence-corrected chi connectivity index (χ1v) is 9.52. The van der Waals surface area contributed by atoms with Gasteiger partial charge in [-0.3, -0.25) is 0 Å². The minimum atomic E-state index is -3.59. The summed E-state index contributed by atoms with van der Waals surface area (Å²) in [6.45, 7) is 6.54. The molecule has 0 spiro atoms. The van der Waals surface area contributed by atoms with Crippen molar-refractivity contribution in [1.82, 2.24) is 4.31 Å². The van der Waals surface area contributed by atoms with E-state index in [0.717, 1.165) is 5.75 Å². The average molecular weight is 350 g/mol. The second-order valence-corrected chi connectivity index (χ2v) is 9.94. The molecule has 1 N–H and O–H groups in total. The van der Waals surface area contributed by atoms with Crippen LogP contribution in [-0.4, -0.2) is 41.4 Å². The minimum absolute atomic E-state index is 0.0996. The third-order valence-corrected chi connectivity index (χ3v) is 7.10. The third kappa shape index (κ3) is 3.56. The van der Waals surface area contributed by atoms with Crippen LogP contribution in [0.5, 0.6) is 0 Å². The third-order valence-electron chi connectivity index (χ3n) is 3.61. The minimum Gasteiger partial charge on any atom is -0.392 e. The van der Waals surface area contributed by atoms with Crippen molar-refractivity contribution in [2.45, 2.75) is 37.0 Å². The van der Waals surface area contributed by atoms with E-state index < -0.39 is 10.0 Å². The first-order valence-electron chi connectivity index (χ1n) is 6.71. The van der Waals surface area contributed by atoms with Crippen molar-refractivity contribution in [3.63, 3.8) is 0 Å². The molecule has 118 valence electrons. The maximum atomic E-state index is 12.9. The quantitative estimate of drug-likeness (QED) is 0.911. The molecule has 0 saturated carbocycles. The van der Waals surface area contributed by atoms with E-state index >= 15 is 0 Å². The molecule has 0 radical (unpaired) electrons. The summed E-state index contributed by atoms with van der Waals surface area (Å²) < 4.78 is 27.2. The molecule has 21 heavy (non-hydrogen) atoms. The molecule has 1 aromatic carbocycles. The maximum Gasteiger partial charge on any atom is 0.243 e. The number of halogens is 1. The second kappa shape index (κ2) is 6.08. The summed E-state index contributed by atoms with van der Waals surface area (Å²) in [5.74, 6) is 0.776. The highest BCUT2D eigenvalue weighted by Gasteiger charge is 2.35. The number of nitrogens with zero attached hydrogens (tertiary/aromatic N) is 1. The van der Waals surface area contributed by atoms with Crippen molar-refractivity contribution in [3.05, 3.63) is 28.3 Å². The summed E-state index contributed by atoms with van der Waals surface area (Å²) in [5.41, 5.74) is 1.12. The van der Waals surface area contributed by atoms with Gasteiger partial charge in [-0.05, 0) is 44.0 Å². The molecule has 0 bridgehead atoms. The molecule has 1 fully saturated rings. The summed E-state index contributed by atoms with van der Waals surface area (Å²) >= 11 is 7.78. The fraction of sp³-hybridized carbons (Fsp3) is 0.571. The van der Waals surface area contributed by atoms with Crippen LogP contribution in [0.15, 0.2) is 17.0 Å². The lowest BCUT2D eigenvalue weighted by atomic mass is 10.1. The normalized spacial score (nSPS) is 19.7. The van der Waals surface area contributed by atoms with E-state index in [1.54, 1.807) is 24.8 Å². The summed E-state index contributed by atoms with van der Waals surface area (Å²) in [7, 11) is -3.59. The van der Waals surface area contributed by atoms with Crippen LogP contribution >= 0.6 is 23.4 Å². The Morgan fingerprint density at radius 2 is 2.10 bits per heavy atom. The molecule has 1 aliphatic heterocycles. The molecule has 0 aliphatic carbocycles. The van der Waals surface area contributed by atoms with Gasteiger partial charge >= 0.3 is 0 Å². The van der Waals surface area contributed by atoms with Gasteiger partial charge in [0.1, 0.15) is 0 Å². The van der Waals surface area contributed by atoms with Crippen molar-refractivity contribution in [1.29, 1.82) is 0 Å². The first-order chi connectivity index (χ1) is 9.67. The fourth-order valence-electron chi connectivity index (χ4n) is 2.46. The highest BCUT2D eigenvalue weighted by Crippen LogP contribution is 2.34. The van der Waals surface area contributed by atoms with Crippen molar-refractivity contribution in [2.75, 3.05) is 18.8 Å². The molecular formula is C14H20ClNO3S2. The number of hydrogen-bond acceptors (Lipinski definition) is 4. The van der Waals surface area contributed by atoms with Gasteiger partial charge in [0.25, 0.3) is 0 Å². The van der Waals surface area contributed by atoms with E-state index in [0.29, 0.717) is 29.2 Å². The number of sulfonamides is 1.